The number of piperazine rings is 1. The minimum atomic E-state index is -0.0995. The normalized spacial score (nSPS) is 15.4. The van der Waals surface area contributed by atoms with E-state index in [4.69, 9.17) is 0 Å². The number of benzene rings is 1. The van der Waals surface area contributed by atoms with Gasteiger partial charge in [0, 0.05) is 42.0 Å². The Kier molecular flexibility index (Phi) is 4.55. The van der Waals surface area contributed by atoms with Crippen molar-refractivity contribution in [2.24, 2.45) is 0 Å². The number of hydrogen-bond acceptors (Lipinski definition) is 3. The minimum absolute atomic E-state index is 0.0995. The lowest BCUT2D eigenvalue weighted by Crippen LogP contribution is -2.43. The number of thiophene rings is 1. The van der Waals surface area contributed by atoms with Crippen LogP contribution in [0.15, 0.2) is 24.3 Å². The molecule has 3 rings (SSSR count). The molecule has 1 saturated heterocycles. The summed E-state index contributed by atoms with van der Waals surface area (Å²) in [5.41, 5.74) is 1.17. The lowest BCUT2D eigenvalue weighted by molar-refractivity contribution is 0.590. The number of hydrogen-bond donors (Lipinski definition) is 1. The molecule has 0 atom stereocenters. The van der Waals surface area contributed by atoms with E-state index in [0.717, 1.165) is 36.3 Å². The van der Waals surface area contributed by atoms with Gasteiger partial charge in [0.1, 0.15) is 0 Å². The first-order valence-corrected chi connectivity index (χ1v) is 7.30. The number of anilines is 1. The zero-order valence-electron chi connectivity index (χ0n) is 10.9. The topological polar surface area (TPSA) is 15.3 Å². The summed E-state index contributed by atoms with van der Waals surface area (Å²) in [6.45, 7) is 8.00. The third-order valence-electron chi connectivity index (χ3n) is 2.97. The molecular formula is C14H19FN2S. The van der Waals surface area contributed by atoms with Gasteiger partial charge in [-0.3, -0.25) is 0 Å². The van der Waals surface area contributed by atoms with E-state index in [0.29, 0.717) is 0 Å². The third-order valence-corrected chi connectivity index (χ3v) is 3.85. The average Bonchev–Trinajstić information content (AvgIpc) is 2.82. The van der Waals surface area contributed by atoms with Crippen LogP contribution in [-0.4, -0.2) is 26.2 Å². The summed E-state index contributed by atoms with van der Waals surface area (Å²) < 4.78 is 14.3. The molecule has 1 aromatic heterocycles. The molecule has 0 radical (unpaired) electrons. The van der Waals surface area contributed by atoms with Crippen LogP contribution in [0.25, 0.3) is 10.1 Å². The molecule has 0 aliphatic carbocycles. The van der Waals surface area contributed by atoms with E-state index in [2.05, 4.69) is 16.3 Å². The van der Waals surface area contributed by atoms with Gasteiger partial charge in [0.2, 0.25) is 0 Å². The van der Waals surface area contributed by atoms with Crippen molar-refractivity contribution in [3.63, 3.8) is 0 Å². The molecule has 1 aliphatic heterocycles. The highest BCUT2D eigenvalue weighted by atomic mass is 32.1. The standard InChI is InChI=1S/C12H13FN2S.C2H6/c13-12-8-9-10(2-1-3-11(9)16-12)15-6-4-14-5-7-15;1-2/h1-3,8,14H,4-7H2;1-2H3. The van der Waals surface area contributed by atoms with E-state index >= 15 is 0 Å². The maximum atomic E-state index is 13.3. The second-order valence-corrected chi connectivity index (χ2v) is 5.01. The Morgan fingerprint density at radius 3 is 2.67 bits per heavy atom. The molecule has 2 aromatic rings. The van der Waals surface area contributed by atoms with Crippen molar-refractivity contribution >= 4 is 27.1 Å². The van der Waals surface area contributed by atoms with Crippen molar-refractivity contribution < 1.29 is 4.39 Å². The van der Waals surface area contributed by atoms with E-state index in [1.165, 1.54) is 17.0 Å². The van der Waals surface area contributed by atoms with Gasteiger partial charge in [-0.1, -0.05) is 19.9 Å². The van der Waals surface area contributed by atoms with Crippen LogP contribution in [-0.2, 0) is 0 Å². The molecule has 2 nitrogen and oxygen atoms in total. The summed E-state index contributed by atoms with van der Waals surface area (Å²) >= 11 is 1.22. The third kappa shape index (κ3) is 2.65. The fourth-order valence-electron chi connectivity index (χ4n) is 2.20. The van der Waals surface area contributed by atoms with Crippen LogP contribution in [0.3, 0.4) is 0 Å². The van der Waals surface area contributed by atoms with Crippen LogP contribution in [0.1, 0.15) is 13.8 Å². The Bertz CT molecular complexity index is 503. The van der Waals surface area contributed by atoms with Gasteiger partial charge in [-0.25, -0.2) is 0 Å². The molecular weight excluding hydrogens is 247 g/mol. The summed E-state index contributed by atoms with van der Waals surface area (Å²) in [6, 6.07) is 7.72. The zero-order chi connectivity index (χ0) is 13.0. The van der Waals surface area contributed by atoms with Crippen LogP contribution < -0.4 is 10.2 Å². The maximum absolute atomic E-state index is 13.3. The zero-order valence-corrected chi connectivity index (χ0v) is 11.7. The quantitative estimate of drug-likeness (QED) is 0.850. The minimum Gasteiger partial charge on any atom is -0.368 e. The molecule has 0 unspecified atom stereocenters. The van der Waals surface area contributed by atoms with E-state index < -0.39 is 0 Å². The van der Waals surface area contributed by atoms with Crippen molar-refractivity contribution in [1.82, 2.24) is 5.32 Å². The first-order valence-electron chi connectivity index (χ1n) is 6.48. The van der Waals surface area contributed by atoms with Crippen LogP contribution >= 0.6 is 11.3 Å². The monoisotopic (exact) mass is 266 g/mol. The molecule has 1 fully saturated rings. The summed E-state index contributed by atoms with van der Waals surface area (Å²) in [7, 11) is 0. The van der Waals surface area contributed by atoms with Gasteiger partial charge in [0.05, 0.1) is 0 Å². The first-order chi connectivity index (χ1) is 8.84. The van der Waals surface area contributed by atoms with Crippen LogP contribution in [0, 0.1) is 5.13 Å². The van der Waals surface area contributed by atoms with Gasteiger partial charge in [0.15, 0.2) is 5.13 Å². The maximum Gasteiger partial charge on any atom is 0.177 e. The van der Waals surface area contributed by atoms with Crippen LogP contribution in [0.2, 0.25) is 0 Å². The predicted molar refractivity (Wildman–Crippen MR) is 78.2 cm³/mol. The van der Waals surface area contributed by atoms with E-state index in [1.807, 2.05) is 26.0 Å². The Morgan fingerprint density at radius 1 is 1.22 bits per heavy atom. The molecule has 18 heavy (non-hydrogen) atoms. The van der Waals surface area contributed by atoms with Gasteiger partial charge in [-0.15, -0.1) is 11.3 Å². The lowest BCUT2D eigenvalue weighted by Gasteiger charge is -2.30. The van der Waals surface area contributed by atoms with Gasteiger partial charge < -0.3 is 10.2 Å². The highest BCUT2D eigenvalue weighted by Gasteiger charge is 2.14. The van der Waals surface area contributed by atoms with Crippen LogP contribution in [0.4, 0.5) is 10.1 Å². The fourth-order valence-corrected chi connectivity index (χ4v) is 3.00. The van der Waals surface area contributed by atoms with Gasteiger partial charge in [0.25, 0.3) is 0 Å². The van der Waals surface area contributed by atoms with E-state index in [1.54, 1.807) is 6.07 Å². The first kappa shape index (κ1) is 13.3. The van der Waals surface area contributed by atoms with Crippen molar-refractivity contribution in [2.75, 3.05) is 31.1 Å². The van der Waals surface area contributed by atoms with E-state index in [9.17, 15) is 4.39 Å². The number of rotatable bonds is 1. The van der Waals surface area contributed by atoms with Crippen LogP contribution in [0.5, 0.6) is 0 Å². The second-order valence-electron chi connectivity index (χ2n) is 3.98. The molecule has 0 saturated carbocycles. The van der Waals surface area contributed by atoms with Crippen molar-refractivity contribution in [3.8, 4) is 0 Å². The van der Waals surface area contributed by atoms with E-state index in [-0.39, 0.29) is 5.13 Å². The molecule has 2 heterocycles. The van der Waals surface area contributed by atoms with Gasteiger partial charge in [-0.2, -0.15) is 4.39 Å². The molecule has 1 aliphatic rings. The summed E-state index contributed by atoms with van der Waals surface area (Å²) in [5, 5.41) is 4.27. The molecule has 98 valence electrons. The predicted octanol–water partition coefficient (Wildman–Crippen LogP) is 3.48. The van der Waals surface area contributed by atoms with Crippen molar-refractivity contribution in [2.45, 2.75) is 13.8 Å². The fraction of sp³-hybridized carbons (Fsp3) is 0.429. The highest BCUT2D eigenvalue weighted by molar-refractivity contribution is 7.17. The summed E-state index contributed by atoms with van der Waals surface area (Å²) in [6.07, 6.45) is 0. The Labute approximate surface area is 111 Å². The van der Waals surface area contributed by atoms with Gasteiger partial charge in [-0.05, 0) is 18.2 Å². The highest BCUT2D eigenvalue weighted by Crippen LogP contribution is 2.32. The molecule has 0 bridgehead atoms. The number of nitrogens with zero attached hydrogens (tertiary/aromatic N) is 1. The largest absolute Gasteiger partial charge is 0.368 e. The lowest BCUT2D eigenvalue weighted by atomic mass is 10.2. The smallest absolute Gasteiger partial charge is 0.177 e. The second kappa shape index (κ2) is 6.16. The SMILES string of the molecule is CC.Fc1cc2c(N3CCNCC3)cccc2s1. The Morgan fingerprint density at radius 2 is 1.94 bits per heavy atom. The number of nitrogens with one attached hydrogen (secondary N) is 1. The van der Waals surface area contributed by atoms with Crippen molar-refractivity contribution in [1.29, 1.82) is 0 Å². The van der Waals surface area contributed by atoms with Gasteiger partial charge >= 0.3 is 0 Å². The number of halogens is 1. The summed E-state index contributed by atoms with van der Waals surface area (Å²) in [5.74, 6) is 0. The number of fused-ring (bicyclic) bond motifs is 1. The average molecular weight is 266 g/mol. The molecule has 4 heteroatoms. The Hall–Kier alpha value is -1.13. The van der Waals surface area contributed by atoms with Crippen molar-refractivity contribution in [3.05, 3.63) is 29.4 Å². The molecule has 0 spiro atoms. The Balaban J connectivity index is 0.000000574. The molecule has 1 aromatic carbocycles. The summed E-state index contributed by atoms with van der Waals surface area (Å²) in [4.78, 5) is 2.32. The molecule has 1 N–H and O–H groups in total. The molecule has 0 amide bonds.